The molecule has 0 aromatic rings. The number of carbonyl (C=O) groups excluding carboxylic acids is 3. The van der Waals surface area contributed by atoms with E-state index in [9.17, 15) is 14.4 Å². The van der Waals surface area contributed by atoms with E-state index in [1.165, 1.54) is 11.8 Å². The molecule has 0 spiro atoms. The molecule has 2 aliphatic rings. The summed E-state index contributed by atoms with van der Waals surface area (Å²) >= 11 is 0. The number of ether oxygens (including phenoxy) is 3. The molecule has 0 bridgehead atoms. The molecular weight excluding hydrogens is 290 g/mol. The Labute approximate surface area is 129 Å². The highest BCUT2D eigenvalue weighted by molar-refractivity contribution is 5.87. The average molecular weight is 311 g/mol. The van der Waals surface area contributed by atoms with Crippen molar-refractivity contribution in [2.45, 2.75) is 45.9 Å². The summed E-state index contributed by atoms with van der Waals surface area (Å²) in [7, 11) is 0. The molecular formula is C15H21NO6. The molecule has 0 radical (unpaired) electrons. The lowest BCUT2D eigenvalue weighted by Gasteiger charge is -2.32. The van der Waals surface area contributed by atoms with Crippen molar-refractivity contribution in [2.24, 2.45) is 5.92 Å². The van der Waals surface area contributed by atoms with Gasteiger partial charge in [0.1, 0.15) is 6.04 Å². The van der Waals surface area contributed by atoms with Crippen LogP contribution >= 0.6 is 0 Å². The summed E-state index contributed by atoms with van der Waals surface area (Å²) in [4.78, 5) is 37.1. The highest BCUT2D eigenvalue weighted by Crippen LogP contribution is 2.38. The molecule has 0 unspecified atom stereocenters. The predicted molar refractivity (Wildman–Crippen MR) is 75.3 cm³/mol. The molecule has 22 heavy (non-hydrogen) atoms. The standard InChI is InChI=1S/C15H21NO6/c1-4-20-14(18)11-8-10-6-7-12(15(19)21-5-2)22-13(10)16(11)9(3)17/h7,10-11,13H,4-6,8H2,1-3H3/t10-,11+,13-/m0/s1. The van der Waals surface area contributed by atoms with E-state index in [4.69, 9.17) is 14.2 Å². The first-order chi connectivity index (χ1) is 10.5. The van der Waals surface area contributed by atoms with Crippen LogP contribution in [0, 0.1) is 5.92 Å². The summed E-state index contributed by atoms with van der Waals surface area (Å²) in [6.07, 6.45) is 2.05. The Balaban J connectivity index is 2.16. The summed E-state index contributed by atoms with van der Waals surface area (Å²) in [6, 6.07) is -0.664. The maximum Gasteiger partial charge on any atom is 0.373 e. The van der Waals surface area contributed by atoms with Crippen LogP contribution in [0.3, 0.4) is 0 Å². The number of hydrogen-bond acceptors (Lipinski definition) is 6. The number of amides is 1. The first kappa shape index (κ1) is 16.3. The zero-order valence-electron chi connectivity index (χ0n) is 13.0. The van der Waals surface area contributed by atoms with Crippen molar-refractivity contribution in [3.63, 3.8) is 0 Å². The molecule has 7 heteroatoms. The lowest BCUT2D eigenvalue weighted by Crippen LogP contribution is -2.47. The van der Waals surface area contributed by atoms with E-state index in [0.717, 1.165) is 0 Å². The smallest absolute Gasteiger partial charge is 0.373 e. The van der Waals surface area contributed by atoms with Gasteiger partial charge in [-0.15, -0.1) is 0 Å². The van der Waals surface area contributed by atoms with E-state index in [1.807, 2.05) is 0 Å². The van der Waals surface area contributed by atoms with Crippen molar-refractivity contribution >= 4 is 17.8 Å². The fourth-order valence-corrected chi connectivity index (χ4v) is 2.90. The van der Waals surface area contributed by atoms with Gasteiger partial charge in [-0.1, -0.05) is 0 Å². The maximum atomic E-state index is 12.0. The van der Waals surface area contributed by atoms with E-state index in [-0.39, 0.29) is 30.8 Å². The summed E-state index contributed by atoms with van der Waals surface area (Å²) in [5.41, 5.74) is 0. The average Bonchev–Trinajstić information content (AvgIpc) is 2.86. The molecule has 0 aromatic heterocycles. The van der Waals surface area contributed by atoms with Crippen LogP contribution in [0.2, 0.25) is 0 Å². The van der Waals surface area contributed by atoms with Crippen molar-refractivity contribution < 1.29 is 28.6 Å². The highest BCUT2D eigenvalue weighted by atomic mass is 16.6. The molecule has 7 nitrogen and oxygen atoms in total. The molecule has 2 heterocycles. The normalized spacial score (nSPS) is 26.6. The molecule has 1 amide bonds. The van der Waals surface area contributed by atoms with Gasteiger partial charge in [0.25, 0.3) is 0 Å². The first-order valence-electron chi connectivity index (χ1n) is 7.49. The number of esters is 2. The minimum atomic E-state index is -0.664. The minimum Gasteiger partial charge on any atom is -0.464 e. The van der Waals surface area contributed by atoms with Crippen LogP contribution in [0.1, 0.15) is 33.6 Å². The van der Waals surface area contributed by atoms with E-state index in [1.54, 1.807) is 19.9 Å². The van der Waals surface area contributed by atoms with Crippen molar-refractivity contribution in [2.75, 3.05) is 13.2 Å². The number of hydrogen-bond donors (Lipinski definition) is 0. The number of carbonyl (C=O) groups is 3. The van der Waals surface area contributed by atoms with Gasteiger partial charge in [-0.3, -0.25) is 9.69 Å². The van der Waals surface area contributed by atoms with E-state index >= 15 is 0 Å². The third-order valence-electron chi connectivity index (χ3n) is 3.79. The van der Waals surface area contributed by atoms with Crippen LogP contribution in [0.25, 0.3) is 0 Å². The van der Waals surface area contributed by atoms with Gasteiger partial charge >= 0.3 is 11.9 Å². The van der Waals surface area contributed by atoms with Crippen LogP contribution in [-0.4, -0.2) is 48.2 Å². The Bertz CT molecular complexity index is 500. The molecule has 0 saturated carbocycles. The van der Waals surface area contributed by atoms with Gasteiger partial charge in [-0.2, -0.15) is 0 Å². The van der Waals surface area contributed by atoms with Crippen LogP contribution in [-0.2, 0) is 28.6 Å². The second-order valence-electron chi connectivity index (χ2n) is 5.22. The van der Waals surface area contributed by atoms with Gasteiger partial charge < -0.3 is 14.2 Å². The zero-order valence-corrected chi connectivity index (χ0v) is 13.0. The van der Waals surface area contributed by atoms with Crippen LogP contribution < -0.4 is 0 Å². The lowest BCUT2D eigenvalue weighted by atomic mass is 9.98. The van der Waals surface area contributed by atoms with Gasteiger partial charge in [-0.05, 0) is 32.8 Å². The molecule has 0 N–H and O–H groups in total. The molecule has 1 fully saturated rings. The molecule has 2 rings (SSSR count). The zero-order chi connectivity index (χ0) is 16.3. The van der Waals surface area contributed by atoms with Gasteiger partial charge in [-0.25, -0.2) is 9.59 Å². The van der Waals surface area contributed by atoms with Crippen LogP contribution in [0.15, 0.2) is 11.8 Å². The van der Waals surface area contributed by atoms with Gasteiger partial charge in [0.15, 0.2) is 6.23 Å². The number of rotatable bonds is 4. The predicted octanol–water partition coefficient (Wildman–Crippen LogP) is 0.980. The monoisotopic (exact) mass is 311 g/mol. The second-order valence-corrected chi connectivity index (χ2v) is 5.22. The molecule has 3 atom stereocenters. The fourth-order valence-electron chi connectivity index (χ4n) is 2.90. The molecule has 2 aliphatic heterocycles. The minimum absolute atomic E-state index is 0.0310. The fraction of sp³-hybridized carbons (Fsp3) is 0.667. The van der Waals surface area contributed by atoms with Crippen molar-refractivity contribution in [3.8, 4) is 0 Å². The lowest BCUT2D eigenvalue weighted by molar-refractivity contribution is -0.162. The Hall–Kier alpha value is -2.05. The maximum absolute atomic E-state index is 12.0. The van der Waals surface area contributed by atoms with Crippen molar-refractivity contribution in [1.82, 2.24) is 4.90 Å². The number of allylic oxidation sites excluding steroid dienone is 1. The third kappa shape index (κ3) is 3.08. The second kappa shape index (κ2) is 6.81. The van der Waals surface area contributed by atoms with Crippen molar-refractivity contribution in [3.05, 3.63) is 11.8 Å². The Kier molecular flexibility index (Phi) is 5.05. The quantitative estimate of drug-likeness (QED) is 0.720. The Morgan fingerprint density at radius 1 is 1.27 bits per heavy atom. The SMILES string of the molecule is CCOC(=O)C1=CC[C@H]2C[C@H](C(=O)OCC)N(C(C)=O)[C@H]2O1. The summed E-state index contributed by atoms with van der Waals surface area (Å²) in [5.74, 6) is -1.21. The van der Waals surface area contributed by atoms with E-state index in [0.29, 0.717) is 12.8 Å². The van der Waals surface area contributed by atoms with Crippen LogP contribution in [0.4, 0.5) is 0 Å². The van der Waals surface area contributed by atoms with Gasteiger partial charge in [0.05, 0.1) is 13.2 Å². The summed E-state index contributed by atoms with van der Waals surface area (Å²) < 4.78 is 15.6. The third-order valence-corrected chi connectivity index (χ3v) is 3.79. The van der Waals surface area contributed by atoms with Crippen molar-refractivity contribution in [1.29, 1.82) is 0 Å². The number of nitrogens with zero attached hydrogens (tertiary/aromatic N) is 1. The van der Waals surface area contributed by atoms with Gasteiger partial charge in [0, 0.05) is 12.8 Å². The molecule has 122 valence electrons. The van der Waals surface area contributed by atoms with E-state index in [2.05, 4.69) is 0 Å². The number of likely N-dealkylation sites (tertiary alicyclic amines) is 1. The topological polar surface area (TPSA) is 82.1 Å². The van der Waals surface area contributed by atoms with Crippen LogP contribution in [0.5, 0.6) is 0 Å². The first-order valence-corrected chi connectivity index (χ1v) is 7.49. The summed E-state index contributed by atoms with van der Waals surface area (Å²) in [5, 5.41) is 0. The summed E-state index contributed by atoms with van der Waals surface area (Å²) in [6.45, 7) is 5.30. The molecule has 1 saturated heterocycles. The molecule has 0 aromatic carbocycles. The Morgan fingerprint density at radius 2 is 1.95 bits per heavy atom. The largest absolute Gasteiger partial charge is 0.464 e. The van der Waals surface area contributed by atoms with E-state index < -0.39 is 24.2 Å². The molecule has 0 aliphatic carbocycles. The Morgan fingerprint density at radius 3 is 2.55 bits per heavy atom. The van der Waals surface area contributed by atoms with Gasteiger partial charge in [0.2, 0.25) is 11.7 Å². The highest BCUT2D eigenvalue weighted by Gasteiger charge is 2.49. The number of fused-ring (bicyclic) bond motifs is 1.